The molecule has 0 saturated heterocycles. The Bertz CT molecular complexity index is 853. The number of aromatic nitrogens is 2. The van der Waals surface area contributed by atoms with Gasteiger partial charge in [0, 0.05) is 18.9 Å². The van der Waals surface area contributed by atoms with Gasteiger partial charge in [0.15, 0.2) is 17.5 Å². The minimum atomic E-state index is -1.58. The van der Waals surface area contributed by atoms with Crippen molar-refractivity contribution in [3.8, 4) is 0 Å². The van der Waals surface area contributed by atoms with Gasteiger partial charge in [0.1, 0.15) is 0 Å². The lowest BCUT2D eigenvalue weighted by Crippen LogP contribution is -2.25. The lowest BCUT2D eigenvalue weighted by molar-refractivity contribution is 0.0953. The summed E-state index contributed by atoms with van der Waals surface area (Å²) in [6, 6.07) is 1.84. The molecule has 0 unspecified atom stereocenters. The Morgan fingerprint density at radius 2 is 1.85 bits per heavy atom. The van der Waals surface area contributed by atoms with Crippen molar-refractivity contribution < 1.29 is 18.0 Å². The average molecular weight is 376 g/mol. The largest absolute Gasteiger partial charge is 0.352 e. The molecule has 1 aromatic heterocycles. The first kappa shape index (κ1) is 18.9. The zero-order valence-corrected chi connectivity index (χ0v) is 14.6. The molecule has 1 heterocycles. The van der Waals surface area contributed by atoms with Gasteiger partial charge in [0.2, 0.25) is 5.95 Å². The normalized spacial score (nSPS) is 13.8. The summed E-state index contributed by atoms with van der Waals surface area (Å²) in [6.07, 6.45) is 10.2. The molecular formula is C19H19F3N4O. The molecule has 5 nitrogen and oxygen atoms in total. The van der Waals surface area contributed by atoms with Crippen molar-refractivity contribution in [2.75, 3.05) is 11.9 Å². The van der Waals surface area contributed by atoms with Gasteiger partial charge in [-0.3, -0.25) is 4.79 Å². The van der Waals surface area contributed by atoms with Crippen LogP contribution in [0.25, 0.3) is 0 Å². The minimum Gasteiger partial charge on any atom is -0.352 e. The molecule has 1 aliphatic carbocycles. The van der Waals surface area contributed by atoms with E-state index in [0.29, 0.717) is 6.54 Å². The van der Waals surface area contributed by atoms with E-state index in [1.54, 1.807) is 0 Å². The van der Waals surface area contributed by atoms with Crippen molar-refractivity contribution in [1.82, 2.24) is 15.3 Å². The van der Waals surface area contributed by atoms with Gasteiger partial charge in [0.05, 0.1) is 11.3 Å². The van der Waals surface area contributed by atoms with Crippen LogP contribution < -0.4 is 10.6 Å². The van der Waals surface area contributed by atoms with Crippen LogP contribution in [0.5, 0.6) is 0 Å². The number of hydrogen-bond donors (Lipinski definition) is 2. The summed E-state index contributed by atoms with van der Waals surface area (Å²) in [5.41, 5.74) is 1.32. The Labute approximate surface area is 154 Å². The molecule has 2 aromatic rings. The predicted molar refractivity (Wildman–Crippen MR) is 95.1 cm³/mol. The maximum Gasteiger partial charge on any atom is 0.254 e. The third kappa shape index (κ3) is 4.84. The predicted octanol–water partition coefficient (Wildman–Crippen LogP) is 4.26. The Balaban J connectivity index is 1.56. The number of carbonyl (C=O) groups excluding carboxylic acids is 1. The van der Waals surface area contributed by atoms with Crippen molar-refractivity contribution in [2.45, 2.75) is 32.1 Å². The van der Waals surface area contributed by atoms with Crippen LogP contribution in [0.15, 0.2) is 36.2 Å². The van der Waals surface area contributed by atoms with Crippen molar-refractivity contribution in [1.29, 1.82) is 0 Å². The SMILES string of the molecule is O=C(NCCC1=CCCCC1)c1cnc(Nc2ccc(F)c(F)c2F)nc1. The van der Waals surface area contributed by atoms with Crippen LogP contribution in [0.1, 0.15) is 42.5 Å². The number of rotatable bonds is 6. The molecule has 0 fully saturated rings. The first-order valence-electron chi connectivity index (χ1n) is 8.73. The molecule has 0 spiro atoms. The number of carbonyl (C=O) groups is 1. The van der Waals surface area contributed by atoms with Crippen LogP contribution in [0, 0.1) is 17.5 Å². The molecule has 27 heavy (non-hydrogen) atoms. The Kier molecular flexibility index (Phi) is 6.05. The first-order chi connectivity index (χ1) is 13.0. The zero-order chi connectivity index (χ0) is 19.2. The number of halogens is 3. The molecule has 3 rings (SSSR count). The molecule has 0 saturated carbocycles. The van der Waals surface area contributed by atoms with Crippen LogP contribution in [-0.4, -0.2) is 22.4 Å². The Morgan fingerprint density at radius 1 is 1.07 bits per heavy atom. The highest BCUT2D eigenvalue weighted by Gasteiger charge is 2.14. The van der Waals surface area contributed by atoms with Crippen molar-refractivity contribution in [3.05, 3.63) is 59.2 Å². The van der Waals surface area contributed by atoms with Gasteiger partial charge in [-0.15, -0.1) is 0 Å². The van der Waals surface area contributed by atoms with Gasteiger partial charge in [-0.25, -0.2) is 23.1 Å². The second-order valence-corrected chi connectivity index (χ2v) is 6.26. The molecular weight excluding hydrogens is 357 g/mol. The molecule has 1 aliphatic rings. The van der Waals surface area contributed by atoms with E-state index in [1.165, 1.54) is 30.8 Å². The fraction of sp³-hybridized carbons (Fsp3) is 0.316. The summed E-state index contributed by atoms with van der Waals surface area (Å²) < 4.78 is 39.8. The summed E-state index contributed by atoms with van der Waals surface area (Å²) in [4.78, 5) is 19.9. The van der Waals surface area contributed by atoms with E-state index < -0.39 is 17.5 Å². The second kappa shape index (κ2) is 8.66. The molecule has 0 bridgehead atoms. The van der Waals surface area contributed by atoms with Gasteiger partial charge in [-0.1, -0.05) is 11.6 Å². The van der Waals surface area contributed by atoms with Crippen LogP contribution >= 0.6 is 0 Å². The van der Waals surface area contributed by atoms with Crippen LogP contribution in [-0.2, 0) is 0 Å². The molecule has 8 heteroatoms. The van der Waals surface area contributed by atoms with E-state index in [0.717, 1.165) is 31.4 Å². The van der Waals surface area contributed by atoms with Gasteiger partial charge in [-0.2, -0.15) is 0 Å². The number of nitrogens with zero attached hydrogens (tertiary/aromatic N) is 2. The molecule has 142 valence electrons. The van der Waals surface area contributed by atoms with E-state index in [2.05, 4.69) is 26.7 Å². The van der Waals surface area contributed by atoms with Gasteiger partial charge in [-0.05, 0) is 44.2 Å². The number of amides is 1. The summed E-state index contributed by atoms with van der Waals surface area (Å²) >= 11 is 0. The summed E-state index contributed by atoms with van der Waals surface area (Å²) in [6.45, 7) is 0.532. The van der Waals surface area contributed by atoms with E-state index in [9.17, 15) is 18.0 Å². The number of anilines is 2. The summed E-state index contributed by atoms with van der Waals surface area (Å²) in [7, 11) is 0. The van der Waals surface area contributed by atoms with Gasteiger partial charge >= 0.3 is 0 Å². The number of nitrogens with one attached hydrogen (secondary N) is 2. The highest BCUT2D eigenvalue weighted by Crippen LogP contribution is 2.22. The maximum atomic E-state index is 13.6. The quantitative estimate of drug-likeness (QED) is 0.584. The zero-order valence-electron chi connectivity index (χ0n) is 14.6. The highest BCUT2D eigenvalue weighted by atomic mass is 19.2. The van der Waals surface area contributed by atoms with E-state index >= 15 is 0 Å². The number of benzene rings is 1. The fourth-order valence-electron chi connectivity index (χ4n) is 2.82. The lowest BCUT2D eigenvalue weighted by Gasteiger charge is -2.13. The standard InChI is InChI=1S/C19H19F3N4O/c20-14-6-7-15(17(22)16(14)21)26-19-24-10-13(11-25-19)18(27)23-9-8-12-4-2-1-3-5-12/h4,6-7,10-11H,1-3,5,8-9H2,(H,23,27)(H,24,25,26). The van der Waals surface area contributed by atoms with Crippen LogP contribution in [0.3, 0.4) is 0 Å². The highest BCUT2D eigenvalue weighted by molar-refractivity contribution is 5.93. The molecule has 0 aliphatic heterocycles. The number of hydrogen-bond acceptors (Lipinski definition) is 4. The number of allylic oxidation sites excluding steroid dienone is 1. The van der Waals surface area contributed by atoms with Crippen molar-refractivity contribution in [3.63, 3.8) is 0 Å². The molecule has 2 N–H and O–H groups in total. The van der Waals surface area contributed by atoms with E-state index in [-0.39, 0.29) is 23.1 Å². The Hall–Kier alpha value is -2.90. The van der Waals surface area contributed by atoms with Crippen LogP contribution in [0.2, 0.25) is 0 Å². The van der Waals surface area contributed by atoms with E-state index in [1.807, 2.05) is 0 Å². The second-order valence-electron chi connectivity index (χ2n) is 6.26. The van der Waals surface area contributed by atoms with Crippen molar-refractivity contribution >= 4 is 17.5 Å². The third-order valence-electron chi connectivity index (χ3n) is 4.31. The smallest absolute Gasteiger partial charge is 0.254 e. The lowest BCUT2D eigenvalue weighted by atomic mass is 9.97. The minimum absolute atomic E-state index is 0.0381. The molecule has 1 amide bonds. The maximum absolute atomic E-state index is 13.6. The molecule has 1 aromatic carbocycles. The average Bonchev–Trinajstić information content (AvgIpc) is 2.70. The first-order valence-corrected chi connectivity index (χ1v) is 8.73. The van der Waals surface area contributed by atoms with Gasteiger partial charge in [0.25, 0.3) is 5.91 Å². The van der Waals surface area contributed by atoms with Gasteiger partial charge < -0.3 is 10.6 Å². The topological polar surface area (TPSA) is 66.9 Å². The third-order valence-corrected chi connectivity index (χ3v) is 4.31. The Morgan fingerprint density at radius 3 is 2.56 bits per heavy atom. The van der Waals surface area contributed by atoms with Crippen LogP contribution in [0.4, 0.5) is 24.8 Å². The van der Waals surface area contributed by atoms with E-state index in [4.69, 9.17) is 0 Å². The summed E-state index contributed by atoms with van der Waals surface area (Å²) in [5, 5.41) is 5.26. The molecule has 0 atom stereocenters. The fourth-order valence-corrected chi connectivity index (χ4v) is 2.82. The monoisotopic (exact) mass is 376 g/mol. The van der Waals surface area contributed by atoms with Crippen molar-refractivity contribution in [2.24, 2.45) is 0 Å². The summed E-state index contributed by atoms with van der Waals surface area (Å²) in [5.74, 6) is -4.57. The molecule has 0 radical (unpaired) electrons.